The molecule has 19 heavy (non-hydrogen) atoms. The van der Waals surface area contributed by atoms with Crippen LogP contribution in [0.2, 0.25) is 0 Å². The Kier molecular flexibility index (Phi) is 4.93. The van der Waals surface area contributed by atoms with E-state index in [1.165, 1.54) is 11.1 Å². The van der Waals surface area contributed by atoms with E-state index in [4.69, 9.17) is 5.73 Å². The fourth-order valence-corrected chi connectivity index (χ4v) is 3.02. The predicted molar refractivity (Wildman–Crippen MR) is 80.1 cm³/mol. The summed E-state index contributed by atoms with van der Waals surface area (Å²) in [6, 6.07) is 10.6. The average Bonchev–Trinajstić information content (AvgIpc) is 2.46. The van der Waals surface area contributed by atoms with Gasteiger partial charge in [-0.15, -0.1) is 0 Å². The van der Waals surface area contributed by atoms with Crippen LogP contribution in [-0.2, 0) is 0 Å². The molecule has 0 aliphatic heterocycles. The molecule has 0 bridgehead atoms. The van der Waals surface area contributed by atoms with Crippen LogP contribution in [0.4, 0.5) is 0 Å². The van der Waals surface area contributed by atoms with Crippen LogP contribution >= 0.6 is 11.8 Å². The Morgan fingerprint density at radius 1 is 1.21 bits per heavy atom. The molecule has 100 valence electrons. The first-order chi connectivity index (χ1) is 9.20. The van der Waals surface area contributed by atoms with Gasteiger partial charge in [-0.25, -0.2) is 9.97 Å². The molecule has 0 saturated carbocycles. The van der Waals surface area contributed by atoms with E-state index in [-0.39, 0.29) is 11.3 Å². The molecule has 4 heteroatoms. The first-order valence-electron chi connectivity index (χ1n) is 6.45. The molecule has 1 heterocycles. The summed E-state index contributed by atoms with van der Waals surface area (Å²) < 4.78 is 0. The molecule has 2 atom stereocenters. The molecule has 0 saturated heterocycles. The molecule has 0 fully saturated rings. The molecule has 2 N–H and O–H groups in total. The molecule has 0 radical (unpaired) electrons. The second-order valence-electron chi connectivity index (χ2n) is 4.57. The zero-order chi connectivity index (χ0) is 13.7. The Morgan fingerprint density at radius 3 is 2.53 bits per heavy atom. The highest BCUT2D eigenvalue weighted by molar-refractivity contribution is 7.99. The molecule has 2 aromatic rings. The van der Waals surface area contributed by atoms with Crippen molar-refractivity contribution in [2.75, 3.05) is 0 Å². The standard InChI is InChI=1S/C15H19N3S/c1-3-13(16)15(12-6-4-11(2)5-7-12)19-14-8-9-17-10-18-14/h4-10,13,15H,3,16H2,1-2H3. The maximum atomic E-state index is 6.27. The lowest BCUT2D eigenvalue weighted by molar-refractivity contribution is 0.633. The summed E-state index contributed by atoms with van der Waals surface area (Å²) in [5.41, 5.74) is 8.79. The third kappa shape index (κ3) is 3.78. The Balaban J connectivity index is 2.23. The third-order valence-corrected chi connectivity index (χ3v) is 4.43. The number of aryl methyl sites for hydroxylation is 1. The smallest absolute Gasteiger partial charge is 0.116 e. The van der Waals surface area contributed by atoms with Crippen LogP contribution in [0.15, 0.2) is 47.9 Å². The molecule has 3 nitrogen and oxygen atoms in total. The molecule has 0 aliphatic carbocycles. The summed E-state index contributed by atoms with van der Waals surface area (Å²) in [5, 5.41) is 1.19. The van der Waals surface area contributed by atoms with Crippen LogP contribution in [0.1, 0.15) is 29.7 Å². The van der Waals surface area contributed by atoms with Gasteiger partial charge in [0.05, 0.1) is 10.3 Å². The lowest BCUT2D eigenvalue weighted by Crippen LogP contribution is -2.25. The second-order valence-corrected chi connectivity index (χ2v) is 5.73. The minimum Gasteiger partial charge on any atom is -0.326 e. The molecule has 0 spiro atoms. The van der Waals surface area contributed by atoms with Gasteiger partial charge in [-0.3, -0.25) is 0 Å². The van der Waals surface area contributed by atoms with Crippen molar-refractivity contribution in [1.82, 2.24) is 9.97 Å². The quantitative estimate of drug-likeness (QED) is 0.670. The third-order valence-electron chi connectivity index (χ3n) is 3.07. The van der Waals surface area contributed by atoms with Crippen molar-refractivity contribution in [3.8, 4) is 0 Å². The average molecular weight is 273 g/mol. The van der Waals surface area contributed by atoms with Crippen LogP contribution in [0.25, 0.3) is 0 Å². The highest BCUT2D eigenvalue weighted by atomic mass is 32.2. The summed E-state index contributed by atoms with van der Waals surface area (Å²) in [5.74, 6) is 0. The lowest BCUT2D eigenvalue weighted by Gasteiger charge is -2.22. The minimum absolute atomic E-state index is 0.114. The van der Waals surface area contributed by atoms with Crippen LogP contribution in [0.3, 0.4) is 0 Å². The summed E-state index contributed by atoms with van der Waals surface area (Å²) in [4.78, 5) is 8.22. The summed E-state index contributed by atoms with van der Waals surface area (Å²) >= 11 is 1.70. The summed E-state index contributed by atoms with van der Waals surface area (Å²) in [6.07, 6.45) is 4.28. The zero-order valence-electron chi connectivity index (χ0n) is 11.3. The molecule has 2 unspecified atom stereocenters. The fraction of sp³-hybridized carbons (Fsp3) is 0.333. The first kappa shape index (κ1) is 14.0. The van der Waals surface area contributed by atoms with E-state index in [0.29, 0.717) is 0 Å². The maximum Gasteiger partial charge on any atom is 0.116 e. The van der Waals surface area contributed by atoms with Crippen molar-refractivity contribution in [3.63, 3.8) is 0 Å². The topological polar surface area (TPSA) is 51.8 Å². The van der Waals surface area contributed by atoms with E-state index in [1.54, 1.807) is 24.3 Å². The van der Waals surface area contributed by atoms with Gasteiger partial charge in [-0.1, -0.05) is 48.5 Å². The number of nitrogens with two attached hydrogens (primary N) is 1. The van der Waals surface area contributed by atoms with Crippen molar-refractivity contribution in [3.05, 3.63) is 54.0 Å². The SMILES string of the molecule is CCC(N)C(Sc1ccncn1)c1ccc(C)cc1. The van der Waals surface area contributed by atoms with E-state index in [0.717, 1.165) is 11.4 Å². The normalized spacial score (nSPS) is 14.1. The van der Waals surface area contributed by atoms with Crippen LogP contribution in [-0.4, -0.2) is 16.0 Å². The van der Waals surface area contributed by atoms with Gasteiger partial charge < -0.3 is 5.73 Å². The predicted octanol–water partition coefficient (Wildman–Crippen LogP) is 3.36. The van der Waals surface area contributed by atoms with E-state index < -0.39 is 0 Å². The zero-order valence-corrected chi connectivity index (χ0v) is 12.1. The Hall–Kier alpha value is -1.39. The number of hydrogen-bond donors (Lipinski definition) is 1. The number of rotatable bonds is 5. The molecular formula is C15H19N3S. The number of benzene rings is 1. The molecule has 2 rings (SSSR count). The number of thioether (sulfide) groups is 1. The van der Waals surface area contributed by atoms with Gasteiger partial charge in [0.25, 0.3) is 0 Å². The molecule has 0 aliphatic rings. The lowest BCUT2D eigenvalue weighted by atomic mass is 10.0. The van der Waals surface area contributed by atoms with Crippen molar-refractivity contribution < 1.29 is 0 Å². The largest absolute Gasteiger partial charge is 0.326 e. The fourth-order valence-electron chi connectivity index (χ4n) is 1.85. The number of aromatic nitrogens is 2. The van der Waals surface area contributed by atoms with E-state index in [9.17, 15) is 0 Å². The van der Waals surface area contributed by atoms with Crippen molar-refractivity contribution in [1.29, 1.82) is 0 Å². The van der Waals surface area contributed by atoms with E-state index >= 15 is 0 Å². The van der Waals surface area contributed by atoms with Crippen LogP contribution < -0.4 is 5.73 Å². The first-order valence-corrected chi connectivity index (χ1v) is 7.33. The highest BCUT2D eigenvalue weighted by Gasteiger charge is 2.20. The minimum atomic E-state index is 0.114. The van der Waals surface area contributed by atoms with Gasteiger partial charge in [0.2, 0.25) is 0 Å². The molecule has 1 aromatic carbocycles. The summed E-state index contributed by atoms with van der Waals surface area (Å²) in [6.45, 7) is 4.21. The van der Waals surface area contributed by atoms with Gasteiger partial charge in [0.15, 0.2) is 0 Å². The van der Waals surface area contributed by atoms with Gasteiger partial charge in [0, 0.05) is 12.2 Å². The molecule has 1 aromatic heterocycles. The van der Waals surface area contributed by atoms with Gasteiger partial charge >= 0.3 is 0 Å². The summed E-state index contributed by atoms with van der Waals surface area (Å²) in [7, 11) is 0. The molecular weight excluding hydrogens is 254 g/mol. The Bertz CT molecular complexity index is 499. The van der Waals surface area contributed by atoms with Crippen molar-refractivity contribution >= 4 is 11.8 Å². The maximum absolute atomic E-state index is 6.27. The Labute approximate surface area is 118 Å². The van der Waals surface area contributed by atoms with Crippen LogP contribution in [0, 0.1) is 6.92 Å². The van der Waals surface area contributed by atoms with E-state index in [1.807, 2.05) is 6.07 Å². The van der Waals surface area contributed by atoms with Crippen molar-refractivity contribution in [2.45, 2.75) is 36.6 Å². The number of hydrogen-bond acceptors (Lipinski definition) is 4. The van der Waals surface area contributed by atoms with Gasteiger partial charge in [-0.05, 0) is 25.0 Å². The highest BCUT2D eigenvalue weighted by Crippen LogP contribution is 2.36. The van der Waals surface area contributed by atoms with Gasteiger partial charge in [0.1, 0.15) is 6.33 Å². The number of nitrogens with zero attached hydrogens (tertiary/aromatic N) is 2. The monoisotopic (exact) mass is 273 g/mol. The van der Waals surface area contributed by atoms with Gasteiger partial charge in [-0.2, -0.15) is 0 Å². The van der Waals surface area contributed by atoms with Crippen LogP contribution in [0.5, 0.6) is 0 Å². The van der Waals surface area contributed by atoms with E-state index in [2.05, 4.69) is 48.1 Å². The Morgan fingerprint density at radius 2 is 1.95 bits per heavy atom. The second kappa shape index (κ2) is 6.68. The van der Waals surface area contributed by atoms with Crippen molar-refractivity contribution in [2.24, 2.45) is 5.73 Å². The molecule has 0 amide bonds.